The number of fused-ring (bicyclic) bond motifs is 1. The first-order valence-electron chi connectivity index (χ1n) is 3.82. The molecule has 0 saturated carbocycles. The average Bonchev–Trinajstić information content (AvgIpc) is 2.45. The van der Waals surface area contributed by atoms with Crippen molar-refractivity contribution in [3.05, 3.63) is 24.2 Å². The summed E-state index contributed by atoms with van der Waals surface area (Å²) in [7, 11) is -3.75. The van der Waals surface area contributed by atoms with Crippen LogP contribution in [-0.4, -0.2) is 23.0 Å². The van der Waals surface area contributed by atoms with Crippen LogP contribution in [0.1, 0.15) is 5.69 Å². The van der Waals surface area contributed by atoms with Gasteiger partial charge in [-0.15, -0.1) is 0 Å². The Balaban J connectivity index is 2.87. The van der Waals surface area contributed by atoms with Gasteiger partial charge in [-0.25, -0.2) is 23.1 Å². The van der Waals surface area contributed by atoms with Crippen LogP contribution in [0.25, 0.3) is 5.65 Å². The van der Waals surface area contributed by atoms with E-state index in [-0.39, 0.29) is 10.5 Å². The summed E-state index contributed by atoms with van der Waals surface area (Å²) in [5.74, 6) is 0. The van der Waals surface area contributed by atoms with Crippen LogP contribution in [0.5, 0.6) is 0 Å². The van der Waals surface area contributed by atoms with E-state index in [1.54, 1.807) is 19.2 Å². The number of sulfonamides is 1. The van der Waals surface area contributed by atoms with Gasteiger partial charge < -0.3 is 0 Å². The first kappa shape index (κ1) is 9.10. The molecule has 2 heterocycles. The maximum Gasteiger partial charge on any atom is 0.243 e. The third-order valence-corrected chi connectivity index (χ3v) is 2.68. The van der Waals surface area contributed by atoms with Gasteiger partial charge >= 0.3 is 0 Å². The highest BCUT2D eigenvalue weighted by molar-refractivity contribution is 7.89. The van der Waals surface area contributed by atoms with Crippen LogP contribution in [0.3, 0.4) is 0 Å². The molecule has 0 bridgehead atoms. The smallest absolute Gasteiger partial charge is 0.233 e. The van der Waals surface area contributed by atoms with Gasteiger partial charge in [0.15, 0.2) is 5.65 Å². The van der Waals surface area contributed by atoms with Gasteiger partial charge in [-0.3, -0.25) is 0 Å². The molecular weight excluding hydrogens is 204 g/mol. The van der Waals surface area contributed by atoms with Crippen molar-refractivity contribution in [2.24, 2.45) is 5.14 Å². The average molecular weight is 212 g/mol. The van der Waals surface area contributed by atoms with Gasteiger partial charge in [-0.05, 0) is 13.0 Å². The van der Waals surface area contributed by atoms with E-state index in [1.165, 1.54) is 10.7 Å². The van der Waals surface area contributed by atoms with Crippen molar-refractivity contribution in [1.82, 2.24) is 14.6 Å². The number of nitrogens with zero attached hydrogens (tertiary/aromatic N) is 3. The van der Waals surface area contributed by atoms with Gasteiger partial charge in [-0.1, -0.05) is 0 Å². The molecule has 7 heteroatoms. The lowest BCUT2D eigenvalue weighted by molar-refractivity contribution is 0.598. The van der Waals surface area contributed by atoms with E-state index in [0.717, 1.165) is 0 Å². The van der Waals surface area contributed by atoms with Crippen LogP contribution in [0.15, 0.2) is 23.4 Å². The summed E-state index contributed by atoms with van der Waals surface area (Å²) in [6, 6.07) is 1.73. The van der Waals surface area contributed by atoms with Crippen molar-refractivity contribution in [2.75, 3.05) is 0 Å². The molecule has 0 saturated heterocycles. The predicted octanol–water partition coefficient (Wildman–Crippen LogP) is -0.315. The molecule has 0 fully saturated rings. The molecule has 14 heavy (non-hydrogen) atoms. The Hall–Kier alpha value is -1.47. The number of hydrogen-bond acceptors (Lipinski definition) is 4. The zero-order chi connectivity index (χ0) is 10.3. The third kappa shape index (κ3) is 1.36. The number of primary sulfonamides is 1. The van der Waals surface area contributed by atoms with Gasteiger partial charge in [0.2, 0.25) is 10.0 Å². The summed E-state index contributed by atoms with van der Waals surface area (Å²) in [6.45, 7) is 1.76. The number of aromatic nitrogens is 3. The quantitative estimate of drug-likeness (QED) is 0.701. The minimum atomic E-state index is -3.75. The molecule has 6 nitrogen and oxygen atoms in total. The molecule has 2 aromatic heterocycles. The lowest BCUT2D eigenvalue weighted by Gasteiger charge is -1.96. The summed E-state index contributed by atoms with van der Waals surface area (Å²) in [5.41, 5.74) is 0.968. The van der Waals surface area contributed by atoms with E-state index < -0.39 is 10.0 Å². The second-order valence-corrected chi connectivity index (χ2v) is 4.42. The van der Waals surface area contributed by atoms with Crippen LogP contribution in [0, 0.1) is 6.92 Å². The number of aryl methyl sites for hydroxylation is 1. The fourth-order valence-electron chi connectivity index (χ4n) is 1.14. The molecule has 0 aromatic carbocycles. The molecule has 2 rings (SSSR count). The molecule has 2 N–H and O–H groups in total. The van der Waals surface area contributed by atoms with Crippen LogP contribution in [0.2, 0.25) is 0 Å². The first-order chi connectivity index (χ1) is 6.48. The van der Waals surface area contributed by atoms with E-state index in [9.17, 15) is 8.42 Å². The second-order valence-electron chi connectivity index (χ2n) is 2.89. The molecule has 0 aliphatic heterocycles. The Morgan fingerprint density at radius 3 is 2.86 bits per heavy atom. The predicted molar refractivity (Wildman–Crippen MR) is 49.1 cm³/mol. The van der Waals surface area contributed by atoms with Crippen LogP contribution in [0.4, 0.5) is 0 Å². The van der Waals surface area contributed by atoms with Crippen molar-refractivity contribution in [1.29, 1.82) is 0 Å². The highest BCUT2D eigenvalue weighted by Crippen LogP contribution is 2.12. The first-order valence-corrected chi connectivity index (χ1v) is 5.37. The molecule has 0 spiro atoms. The minimum absolute atomic E-state index is 0.0544. The van der Waals surface area contributed by atoms with Gasteiger partial charge in [0.1, 0.15) is 4.90 Å². The highest BCUT2D eigenvalue weighted by Gasteiger charge is 2.15. The Morgan fingerprint density at radius 2 is 2.21 bits per heavy atom. The normalized spacial score (nSPS) is 12.1. The summed E-state index contributed by atoms with van der Waals surface area (Å²) in [4.78, 5) is 3.99. The Bertz CT molecular complexity index is 587. The largest absolute Gasteiger partial charge is 0.243 e. The number of rotatable bonds is 1. The monoisotopic (exact) mass is 212 g/mol. The molecule has 0 aliphatic rings. The summed E-state index contributed by atoms with van der Waals surface area (Å²) >= 11 is 0. The van der Waals surface area contributed by atoms with Gasteiger partial charge in [0, 0.05) is 11.9 Å². The number of nitrogens with two attached hydrogens (primary N) is 1. The lowest BCUT2D eigenvalue weighted by atomic mass is 10.4. The zero-order valence-corrected chi connectivity index (χ0v) is 8.19. The highest BCUT2D eigenvalue weighted by atomic mass is 32.2. The van der Waals surface area contributed by atoms with Crippen LogP contribution >= 0.6 is 0 Å². The Kier molecular flexibility index (Phi) is 1.79. The molecule has 74 valence electrons. The van der Waals surface area contributed by atoms with E-state index >= 15 is 0 Å². The molecular formula is C7H8N4O2S. The lowest BCUT2D eigenvalue weighted by Crippen LogP contribution is -2.12. The van der Waals surface area contributed by atoms with E-state index in [0.29, 0.717) is 5.69 Å². The SMILES string of the molecule is Cc1ccn2ncc(S(N)(=O)=O)c2n1. The van der Waals surface area contributed by atoms with Crippen LogP contribution in [-0.2, 0) is 10.0 Å². The molecule has 0 unspecified atom stereocenters. The van der Waals surface area contributed by atoms with Crippen molar-refractivity contribution in [3.8, 4) is 0 Å². The van der Waals surface area contributed by atoms with Gasteiger partial charge in [-0.2, -0.15) is 5.10 Å². The van der Waals surface area contributed by atoms with E-state index in [1.807, 2.05) is 0 Å². The molecule has 2 aromatic rings. The van der Waals surface area contributed by atoms with Crippen LogP contribution < -0.4 is 5.14 Å². The molecule has 0 aliphatic carbocycles. The number of hydrogen-bond donors (Lipinski definition) is 1. The third-order valence-electron chi connectivity index (χ3n) is 1.78. The van der Waals surface area contributed by atoms with Gasteiger partial charge in [0.05, 0.1) is 6.20 Å². The summed E-state index contributed by atoms with van der Waals surface area (Å²) < 4.78 is 23.6. The Labute approximate surface area is 80.4 Å². The fourth-order valence-corrected chi connectivity index (χ4v) is 1.73. The maximum absolute atomic E-state index is 11.1. The second kappa shape index (κ2) is 2.76. The molecule has 0 radical (unpaired) electrons. The maximum atomic E-state index is 11.1. The van der Waals surface area contributed by atoms with Crippen molar-refractivity contribution in [2.45, 2.75) is 11.8 Å². The standard InChI is InChI=1S/C7H8N4O2S/c1-5-2-3-11-7(10-5)6(4-9-11)14(8,12)13/h2-4H,1H3,(H2,8,12,13). The molecule has 0 amide bonds. The fraction of sp³-hybridized carbons (Fsp3) is 0.143. The topological polar surface area (TPSA) is 90.4 Å². The molecule has 0 atom stereocenters. The van der Waals surface area contributed by atoms with Crippen molar-refractivity contribution in [3.63, 3.8) is 0 Å². The van der Waals surface area contributed by atoms with Crippen molar-refractivity contribution < 1.29 is 8.42 Å². The summed E-state index contributed by atoms with van der Waals surface area (Å²) in [5, 5.41) is 8.82. The summed E-state index contributed by atoms with van der Waals surface area (Å²) in [6.07, 6.45) is 2.82. The zero-order valence-electron chi connectivity index (χ0n) is 7.38. The van der Waals surface area contributed by atoms with Crippen molar-refractivity contribution >= 4 is 15.7 Å². The Morgan fingerprint density at radius 1 is 1.50 bits per heavy atom. The van der Waals surface area contributed by atoms with E-state index in [2.05, 4.69) is 10.1 Å². The van der Waals surface area contributed by atoms with E-state index in [4.69, 9.17) is 5.14 Å². The minimum Gasteiger partial charge on any atom is -0.233 e. The van der Waals surface area contributed by atoms with Gasteiger partial charge in [0.25, 0.3) is 0 Å².